The van der Waals surface area contributed by atoms with Crippen LogP contribution >= 0.6 is 11.8 Å². The second kappa shape index (κ2) is 22.0. The summed E-state index contributed by atoms with van der Waals surface area (Å²) in [5.74, 6) is -3.00. The van der Waals surface area contributed by atoms with Gasteiger partial charge in [0.15, 0.2) is 11.5 Å². The highest BCUT2D eigenvalue weighted by atomic mass is 32.2. The Labute approximate surface area is 425 Å². The van der Waals surface area contributed by atoms with E-state index in [9.17, 15) is 39.0 Å². The molecule has 0 unspecified atom stereocenters. The van der Waals surface area contributed by atoms with Crippen molar-refractivity contribution in [3.05, 3.63) is 69.8 Å². The first-order valence-corrected chi connectivity index (χ1v) is 26.2. The van der Waals surface area contributed by atoms with Crippen LogP contribution < -0.4 is 9.47 Å². The number of carbonyl (C=O) groups is 6. The number of amides is 3. The van der Waals surface area contributed by atoms with E-state index in [1.54, 1.807) is 54.0 Å². The first-order chi connectivity index (χ1) is 33.3. The predicted octanol–water partition coefficient (Wildman–Crippen LogP) is 7.56. The average molecular weight is 1000 g/mol. The maximum atomic E-state index is 14.4. The van der Waals surface area contributed by atoms with Gasteiger partial charge in [-0.25, -0.2) is 9.59 Å². The van der Waals surface area contributed by atoms with Gasteiger partial charge in [-0.05, 0) is 113 Å². The molecule has 3 saturated heterocycles. The van der Waals surface area contributed by atoms with Crippen LogP contribution in [0.2, 0.25) is 0 Å². The Kier molecular flexibility index (Phi) is 17.2. The molecule has 71 heavy (non-hydrogen) atoms. The van der Waals surface area contributed by atoms with E-state index in [0.717, 1.165) is 29.5 Å². The number of carbonyl (C=O) groups excluding carboxylic acids is 5. The number of carboxylic acids is 1. The normalized spacial score (nSPS) is 23.7. The summed E-state index contributed by atoms with van der Waals surface area (Å²) < 4.78 is 17.5. The van der Waals surface area contributed by atoms with Crippen LogP contribution in [-0.4, -0.2) is 142 Å². The maximum Gasteiger partial charge on any atom is 0.353 e. The van der Waals surface area contributed by atoms with Gasteiger partial charge in [-0.15, -0.1) is 11.8 Å². The highest BCUT2D eigenvalue weighted by molar-refractivity contribution is 8.03. The van der Waals surface area contributed by atoms with E-state index in [4.69, 9.17) is 14.2 Å². The number of aliphatic carboxylic acids is 1. The summed E-state index contributed by atoms with van der Waals surface area (Å²) >= 11 is 1.45. The summed E-state index contributed by atoms with van der Waals surface area (Å²) in [6, 6.07) is 12.1. The minimum atomic E-state index is -1.17. The molecule has 2 aromatic rings. The van der Waals surface area contributed by atoms with Crippen molar-refractivity contribution < 1.29 is 53.2 Å². The van der Waals surface area contributed by atoms with Gasteiger partial charge in [0.25, 0.3) is 5.91 Å². The smallest absolute Gasteiger partial charge is 0.353 e. The lowest BCUT2D eigenvalue weighted by Crippen LogP contribution is -2.63. The van der Waals surface area contributed by atoms with Crippen LogP contribution in [0.4, 0.5) is 0 Å². The fraction of sp³-hybridized carbons (Fsp3) is 0.636. The number of likely N-dealkylation sites (tertiary alicyclic amines) is 2. The topological polar surface area (TPSA) is 184 Å². The molecule has 2 N–H and O–H groups in total. The summed E-state index contributed by atoms with van der Waals surface area (Å²) in [4.78, 5) is 88.5. The molecule has 16 heteroatoms. The Morgan fingerprint density at radius 2 is 1.62 bits per heavy atom. The average Bonchev–Trinajstić information content (AvgIpc) is 3.88. The van der Waals surface area contributed by atoms with Gasteiger partial charge < -0.3 is 39.1 Å². The standard InChI is InChI=1S/C55H78N4O11S/c1-14-53(4,5)47(61)50(64)57-27-16-15-20-38(57)52(67)70-40(23-21-34-22-24-41(68-12)42(28-34)69-13)35-18-17-19-36(29-35)54(6,7)25-26-55(8,9)58-31-37(30-39(58)48(62)56(10)11)71-46-32(2)44-43(33(3)60)49(63)59(44)45(46)51(65)66/h17-19,22,24,28-29,32-33,37-40,43-44,60H,14-16,20-21,23,25-27,30-31H2,1-13H3,(H,65,66)/t32-,33-,37+,38+,39+,40-,43-,44-/m1/s1. The molecule has 0 bridgehead atoms. The number of carboxylic acid groups (broad SMARTS) is 1. The number of ether oxygens (including phenoxy) is 3. The molecule has 2 aromatic carbocycles. The molecule has 6 rings (SSSR count). The van der Waals surface area contributed by atoms with Crippen molar-refractivity contribution >= 4 is 47.2 Å². The number of aliphatic hydroxyl groups excluding tert-OH is 1. The van der Waals surface area contributed by atoms with Gasteiger partial charge in [0.2, 0.25) is 17.6 Å². The summed E-state index contributed by atoms with van der Waals surface area (Å²) in [6.45, 7) is 18.4. The molecular formula is C55H78N4O11S. The lowest BCUT2D eigenvalue weighted by atomic mass is 9.76. The van der Waals surface area contributed by atoms with Crippen molar-refractivity contribution in [2.24, 2.45) is 17.3 Å². The van der Waals surface area contributed by atoms with Gasteiger partial charge in [-0.3, -0.25) is 24.1 Å². The minimum Gasteiger partial charge on any atom is -0.493 e. The van der Waals surface area contributed by atoms with E-state index < -0.39 is 70.8 Å². The fourth-order valence-electron chi connectivity index (χ4n) is 10.9. The Balaban J connectivity index is 1.23. The van der Waals surface area contributed by atoms with Crippen molar-refractivity contribution in [2.75, 3.05) is 41.4 Å². The Bertz CT molecular complexity index is 2380. The highest BCUT2D eigenvalue weighted by Gasteiger charge is 2.60. The van der Waals surface area contributed by atoms with Crippen molar-refractivity contribution in [1.29, 1.82) is 0 Å². The number of methoxy groups -OCH3 is 2. The number of hydrogen-bond acceptors (Lipinski definition) is 12. The van der Waals surface area contributed by atoms with Crippen LogP contribution in [0.3, 0.4) is 0 Å². The van der Waals surface area contributed by atoms with Crippen molar-refractivity contribution in [3.8, 4) is 11.5 Å². The number of β-lactam (4-membered cyclic amide) rings is 1. The number of esters is 1. The first kappa shape index (κ1) is 55.4. The van der Waals surface area contributed by atoms with Crippen molar-refractivity contribution in [1.82, 2.24) is 19.6 Å². The van der Waals surface area contributed by atoms with Crippen LogP contribution in [0.15, 0.2) is 53.1 Å². The predicted molar refractivity (Wildman–Crippen MR) is 273 cm³/mol. The van der Waals surface area contributed by atoms with Gasteiger partial charge >= 0.3 is 11.9 Å². The molecule has 8 atom stereocenters. The first-order valence-electron chi connectivity index (χ1n) is 25.3. The second-order valence-corrected chi connectivity index (χ2v) is 23.5. The number of aryl methyl sites for hydroxylation is 1. The van der Waals surface area contributed by atoms with Crippen LogP contribution in [0.1, 0.15) is 136 Å². The molecule has 0 spiro atoms. The molecule has 390 valence electrons. The Morgan fingerprint density at radius 3 is 2.24 bits per heavy atom. The molecule has 3 amide bonds. The maximum absolute atomic E-state index is 14.4. The number of likely N-dealkylation sites (N-methyl/N-ethyl adjacent to an activating group) is 1. The zero-order chi connectivity index (χ0) is 52.5. The summed E-state index contributed by atoms with van der Waals surface area (Å²) in [5.41, 5.74) is 1.06. The van der Waals surface area contributed by atoms with E-state index in [2.05, 4.69) is 44.7 Å². The number of piperidine rings is 1. The largest absolute Gasteiger partial charge is 0.493 e. The van der Waals surface area contributed by atoms with E-state index in [1.807, 2.05) is 44.2 Å². The van der Waals surface area contributed by atoms with E-state index in [-0.39, 0.29) is 34.1 Å². The lowest BCUT2D eigenvalue weighted by Gasteiger charge is -2.46. The number of benzene rings is 2. The second-order valence-electron chi connectivity index (χ2n) is 22.2. The summed E-state index contributed by atoms with van der Waals surface area (Å²) in [6.07, 6.45) is 3.60. The molecule has 0 aliphatic carbocycles. The van der Waals surface area contributed by atoms with Gasteiger partial charge in [-0.1, -0.05) is 71.9 Å². The number of rotatable bonds is 21. The molecule has 0 radical (unpaired) electrons. The third kappa shape index (κ3) is 11.5. The summed E-state index contributed by atoms with van der Waals surface area (Å²) in [5, 5.41) is 20.6. The van der Waals surface area contributed by atoms with Crippen LogP contribution in [-0.2, 0) is 45.3 Å². The van der Waals surface area contributed by atoms with E-state index >= 15 is 0 Å². The minimum absolute atomic E-state index is 0.0152. The van der Waals surface area contributed by atoms with Gasteiger partial charge in [-0.2, -0.15) is 0 Å². The molecule has 4 heterocycles. The van der Waals surface area contributed by atoms with Crippen LogP contribution in [0, 0.1) is 17.3 Å². The lowest BCUT2D eigenvalue weighted by molar-refractivity contribution is -0.164. The number of thioether (sulfide) groups is 1. The van der Waals surface area contributed by atoms with E-state index in [0.29, 0.717) is 74.4 Å². The molecule has 0 aromatic heterocycles. The third-order valence-corrected chi connectivity index (χ3v) is 17.4. The quantitative estimate of drug-likeness (QED) is 0.0711. The number of nitrogens with zero attached hydrogens (tertiary/aromatic N) is 4. The molecule has 4 aliphatic rings. The number of hydrogen-bond donors (Lipinski definition) is 2. The molecular weight excluding hydrogens is 925 g/mol. The van der Waals surface area contributed by atoms with Crippen LogP contribution in [0.5, 0.6) is 11.5 Å². The highest BCUT2D eigenvalue weighted by Crippen LogP contribution is 2.53. The van der Waals surface area contributed by atoms with Crippen molar-refractivity contribution in [2.45, 2.75) is 167 Å². The molecule has 4 aliphatic heterocycles. The Hall–Kier alpha value is -4.93. The molecule has 15 nitrogen and oxygen atoms in total. The van der Waals surface area contributed by atoms with Crippen molar-refractivity contribution in [3.63, 3.8) is 0 Å². The third-order valence-electron chi connectivity index (χ3n) is 15.9. The fourth-order valence-corrected chi connectivity index (χ4v) is 12.4. The van der Waals surface area contributed by atoms with Gasteiger partial charge in [0, 0.05) is 54.2 Å². The number of aliphatic hydroxyl groups is 1. The zero-order valence-electron chi connectivity index (χ0n) is 44.2. The van der Waals surface area contributed by atoms with Gasteiger partial charge in [0.05, 0.1) is 38.3 Å². The Morgan fingerprint density at radius 1 is 0.930 bits per heavy atom. The number of fused-ring (bicyclic) bond motifs is 1. The number of ketones is 1. The zero-order valence-corrected chi connectivity index (χ0v) is 45.0. The summed E-state index contributed by atoms with van der Waals surface area (Å²) in [7, 11) is 6.67. The molecule has 3 fully saturated rings. The van der Waals surface area contributed by atoms with Gasteiger partial charge in [0.1, 0.15) is 17.8 Å². The van der Waals surface area contributed by atoms with Crippen LogP contribution in [0.25, 0.3) is 0 Å². The molecule has 0 saturated carbocycles. The van der Waals surface area contributed by atoms with E-state index in [1.165, 1.54) is 21.6 Å². The SMILES string of the molecule is CCC(C)(C)C(=O)C(=O)N1CCCC[C@H]1C(=O)O[C@H](CCc1ccc(OC)c(OC)c1)c1cccc(C(C)(C)CCC(C)(C)N2C[C@@H](SC3=C(C(=O)O)N4C(=O)[C@H]([C@@H](C)O)[C@H]4[C@H]3C)C[C@H]2C(=O)N(C)C)c1. The number of Topliss-reactive ketones (excluding diaryl/α,β-unsaturated/α-hetero) is 1. The monoisotopic (exact) mass is 1000 g/mol.